The average Bonchev–Trinajstić information content (AvgIpc) is 2.94. The zero-order chi connectivity index (χ0) is 26.2. The molecule has 0 unspecified atom stereocenters. The van der Waals surface area contributed by atoms with E-state index in [2.05, 4.69) is 122 Å². The lowest BCUT2D eigenvalue weighted by Crippen LogP contribution is -2.11. The molecule has 0 aliphatic rings. The molecule has 0 aliphatic carbocycles. The molecule has 0 spiro atoms. The van der Waals surface area contributed by atoms with Crippen LogP contribution >= 0.6 is 0 Å². The van der Waals surface area contributed by atoms with E-state index in [1.165, 1.54) is 32.3 Å². The first-order valence-corrected chi connectivity index (χ1v) is 12.8. The second kappa shape index (κ2) is 9.51. The van der Waals surface area contributed by atoms with Crippen molar-refractivity contribution in [3.05, 3.63) is 119 Å². The normalized spacial score (nSPS) is 10.7. The molecule has 6 aromatic carbocycles. The minimum absolute atomic E-state index is 1.01. The van der Waals surface area contributed by atoms with Crippen LogP contribution in [0.2, 0.25) is 0 Å². The summed E-state index contributed by atoms with van der Waals surface area (Å²) in [7, 11) is 8.40. The fourth-order valence-corrected chi connectivity index (χ4v) is 5.22. The molecule has 0 fully saturated rings. The quantitative estimate of drug-likeness (QED) is 0.184. The molecule has 0 aromatic heterocycles. The van der Waals surface area contributed by atoms with Crippen molar-refractivity contribution in [2.24, 2.45) is 0 Å². The smallest absolute Gasteiger partial charge is 0.0453 e. The Balaban J connectivity index is 1.70. The summed E-state index contributed by atoms with van der Waals surface area (Å²) >= 11 is 0. The fourth-order valence-electron chi connectivity index (χ4n) is 5.22. The van der Waals surface area contributed by atoms with Crippen LogP contribution in [-0.4, -0.2) is 28.2 Å². The van der Waals surface area contributed by atoms with Gasteiger partial charge < -0.3 is 9.80 Å². The van der Waals surface area contributed by atoms with Gasteiger partial charge in [0.1, 0.15) is 0 Å². The maximum atomic E-state index is 3.49. The van der Waals surface area contributed by atoms with E-state index in [0.717, 1.165) is 33.6 Å². The number of hydrogen-bond donors (Lipinski definition) is 0. The van der Waals surface area contributed by atoms with Crippen molar-refractivity contribution in [2.45, 2.75) is 0 Å². The summed E-state index contributed by atoms with van der Waals surface area (Å²) in [5, 5.41) is 7.29. The number of rotatable bonds is 2. The van der Waals surface area contributed by atoms with Crippen LogP contribution in [0.4, 0.5) is 11.4 Å². The minimum atomic E-state index is 1.01. The van der Waals surface area contributed by atoms with E-state index in [0.29, 0.717) is 0 Å². The Morgan fingerprint density at radius 2 is 0.789 bits per heavy atom. The van der Waals surface area contributed by atoms with Crippen molar-refractivity contribution in [1.82, 2.24) is 0 Å². The molecular formula is C36H28N2. The summed E-state index contributed by atoms with van der Waals surface area (Å²) in [4.78, 5) is 4.37. The molecule has 0 amide bonds. The summed E-state index contributed by atoms with van der Waals surface area (Å²) in [6.07, 6.45) is 0. The van der Waals surface area contributed by atoms with Crippen LogP contribution in [0.25, 0.3) is 32.3 Å². The lowest BCUT2D eigenvalue weighted by molar-refractivity contribution is 1.14. The highest BCUT2D eigenvalue weighted by Gasteiger charge is 2.19. The molecular weight excluding hydrogens is 460 g/mol. The maximum absolute atomic E-state index is 3.49. The zero-order valence-corrected chi connectivity index (χ0v) is 22.1. The van der Waals surface area contributed by atoms with E-state index in [-0.39, 0.29) is 0 Å². The van der Waals surface area contributed by atoms with Crippen molar-refractivity contribution >= 4 is 43.7 Å². The van der Waals surface area contributed by atoms with Crippen LogP contribution in [0.3, 0.4) is 0 Å². The molecule has 0 heterocycles. The molecule has 0 saturated carbocycles. The summed E-state index contributed by atoms with van der Waals surface area (Å²) in [5.74, 6) is 13.8. The Labute approximate surface area is 224 Å². The summed E-state index contributed by atoms with van der Waals surface area (Å²) in [6, 6.07) is 33.8. The molecule has 0 atom stereocenters. The molecule has 0 bridgehead atoms. The summed E-state index contributed by atoms with van der Waals surface area (Å²) < 4.78 is 0. The third-order valence-corrected chi connectivity index (χ3v) is 7.05. The third-order valence-electron chi connectivity index (χ3n) is 7.05. The molecule has 6 aromatic rings. The number of anilines is 2. The fraction of sp³-hybridized carbons (Fsp3) is 0.111. The van der Waals surface area contributed by atoms with Gasteiger partial charge in [0.25, 0.3) is 0 Å². The Kier molecular flexibility index (Phi) is 5.88. The topological polar surface area (TPSA) is 6.48 Å². The predicted octanol–water partition coefficient (Wildman–Crippen LogP) is 7.52. The van der Waals surface area contributed by atoms with Crippen LogP contribution in [0.5, 0.6) is 0 Å². The van der Waals surface area contributed by atoms with E-state index in [9.17, 15) is 0 Å². The Hall–Kier alpha value is -4.92. The first kappa shape index (κ1) is 23.5. The summed E-state index contributed by atoms with van der Waals surface area (Å²) in [5.41, 5.74) is 6.42. The van der Waals surface area contributed by atoms with Crippen molar-refractivity contribution < 1.29 is 0 Å². The predicted molar refractivity (Wildman–Crippen MR) is 164 cm³/mol. The Morgan fingerprint density at radius 1 is 0.421 bits per heavy atom. The van der Waals surface area contributed by atoms with Gasteiger partial charge in [-0.3, -0.25) is 0 Å². The second-order valence-corrected chi connectivity index (χ2v) is 9.98. The second-order valence-electron chi connectivity index (χ2n) is 9.98. The van der Waals surface area contributed by atoms with Crippen LogP contribution in [0.1, 0.15) is 22.3 Å². The number of nitrogens with zero attached hydrogens (tertiary/aromatic N) is 2. The van der Waals surface area contributed by atoms with Crippen molar-refractivity contribution in [1.29, 1.82) is 0 Å². The average molecular weight is 489 g/mol. The Bertz CT molecular complexity index is 1770. The van der Waals surface area contributed by atoms with Gasteiger partial charge in [-0.15, -0.1) is 0 Å². The molecule has 0 saturated heterocycles. The molecule has 0 radical (unpaired) electrons. The highest BCUT2D eigenvalue weighted by molar-refractivity contribution is 6.29. The molecule has 0 N–H and O–H groups in total. The van der Waals surface area contributed by atoms with E-state index in [4.69, 9.17) is 0 Å². The van der Waals surface area contributed by atoms with Gasteiger partial charge in [-0.05, 0) is 47.2 Å². The monoisotopic (exact) mass is 488 g/mol. The van der Waals surface area contributed by atoms with Gasteiger partial charge in [-0.25, -0.2) is 0 Å². The third kappa shape index (κ3) is 4.07. The molecule has 182 valence electrons. The van der Waals surface area contributed by atoms with Gasteiger partial charge in [0.15, 0.2) is 0 Å². The zero-order valence-electron chi connectivity index (χ0n) is 22.1. The molecule has 2 nitrogen and oxygen atoms in total. The molecule has 38 heavy (non-hydrogen) atoms. The van der Waals surface area contributed by atoms with Gasteiger partial charge in [0.2, 0.25) is 0 Å². The van der Waals surface area contributed by atoms with Gasteiger partial charge in [-0.2, -0.15) is 0 Å². The van der Waals surface area contributed by atoms with Crippen LogP contribution < -0.4 is 9.80 Å². The van der Waals surface area contributed by atoms with E-state index >= 15 is 0 Å². The molecule has 0 aliphatic heterocycles. The van der Waals surface area contributed by atoms with E-state index < -0.39 is 0 Å². The highest BCUT2D eigenvalue weighted by atomic mass is 15.1. The van der Waals surface area contributed by atoms with Crippen LogP contribution in [-0.2, 0) is 0 Å². The minimum Gasteiger partial charge on any atom is -0.377 e. The Morgan fingerprint density at radius 3 is 1.16 bits per heavy atom. The SMILES string of the molecule is CN(C)c1cc(C#Cc2ccccc2)c2ccc3c(N(C)C)cc(C#Cc4ccccc4)c4ccc1c2c43. The van der Waals surface area contributed by atoms with Crippen molar-refractivity contribution in [2.75, 3.05) is 38.0 Å². The summed E-state index contributed by atoms with van der Waals surface area (Å²) in [6.45, 7) is 0. The first-order chi connectivity index (χ1) is 18.5. The van der Waals surface area contributed by atoms with Crippen molar-refractivity contribution in [3.8, 4) is 23.7 Å². The lowest BCUT2D eigenvalue weighted by atomic mass is 9.88. The number of hydrogen-bond acceptors (Lipinski definition) is 2. The van der Waals surface area contributed by atoms with Gasteiger partial charge >= 0.3 is 0 Å². The molecule has 2 heteroatoms. The highest BCUT2D eigenvalue weighted by Crippen LogP contribution is 2.43. The van der Waals surface area contributed by atoms with Gasteiger partial charge in [0, 0.05) is 83.4 Å². The first-order valence-electron chi connectivity index (χ1n) is 12.8. The lowest BCUT2D eigenvalue weighted by Gasteiger charge is -2.23. The van der Waals surface area contributed by atoms with Gasteiger partial charge in [-0.1, -0.05) is 84.3 Å². The standard InChI is InChI=1S/C36H28N2/c1-37(2)33-23-27(17-15-25-11-7-5-8-12-25)29-20-22-32-34(38(3)4)24-28(18-16-26-13-9-6-10-14-26)30-19-21-31(33)35(29)36(30)32/h5-14,19-24H,1-4H3. The van der Waals surface area contributed by atoms with Crippen molar-refractivity contribution in [3.63, 3.8) is 0 Å². The number of benzene rings is 6. The van der Waals surface area contributed by atoms with E-state index in [1.807, 2.05) is 36.4 Å². The van der Waals surface area contributed by atoms with Crippen LogP contribution in [0.15, 0.2) is 97.1 Å². The molecule has 6 rings (SSSR count). The van der Waals surface area contributed by atoms with E-state index in [1.54, 1.807) is 0 Å². The van der Waals surface area contributed by atoms with Gasteiger partial charge in [0.05, 0.1) is 0 Å². The van der Waals surface area contributed by atoms with Crippen LogP contribution in [0, 0.1) is 23.7 Å². The largest absolute Gasteiger partial charge is 0.377 e. The maximum Gasteiger partial charge on any atom is 0.0453 e.